The molecule has 8 rings (SSSR count). The Hall–Kier alpha value is -4.78. The molecule has 44 heavy (non-hydrogen) atoms. The molecule has 0 aromatic heterocycles. The van der Waals surface area contributed by atoms with Crippen LogP contribution in [-0.2, 0) is 25.1 Å². The van der Waals surface area contributed by atoms with E-state index >= 15 is 0 Å². The van der Waals surface area contributed by atoms with Crippen molar-refractivity contribution in [1.29, 1.82) is 0 Å². The second kappa shape index (κ2) is 9.36. The van der Waals surface area contributed by atoms with Gasteiger partial charge in [0, 0.05) is 0 Å². The number of rotatable bonds is 4. The number of hydrogen-bond donors (Lipinski definition) is 0. The van der Waals surface area contributed by atoms with E-state index in [0.717, 1.165) is 50.1 Å². The summed E-state index contributed by atoms with van der Waals surface area (Å²) in [6.07, 6.45) is 0. The van der Waals surface area contributed by atoms with Gasteiger partial charge in [0.2, 0.25) is 19.7 Å². The van der Waals surface area contributed by atoms with Crippen LogP contribution in [0.4, 0.5) is 0 Å². The van der Waals surface area contributed by atoms with E-state index in [1.165, 1.54) is 0 Å². The van der Waals surface area contributed by atoms with Gasteiger partial charge >= 0.3 is 0 Å². The predicted molar refractivity (Wildman–Crippen MR) is 171 cm³/mol. The zero-order valence-corrected chi connectivity index (χ0v) is 25.4. The summed E-state index contributed by atoms with van der Waals surface area (Å²) < 4.78 is 55.7. The summed E-state index contributed by atoms with van der Waals surface area (Å²) in [6.45, 7) is 2.04. The lowest BCUT2D eigenvalue weighted by molar-refractivity contribution is 0.594. The van der Waals surface area contributed by atoms with E-state index < -0.39 is 25.1 Å². The molecule has 0 saturated carbocycles. The van der Waals surface area contributed by atoms with E-state index in [1.807, 2.05) is 31.2 Å². The number of aryl methyl sites for hydroxylation is 1. The summed E-state index contributed by atoms with van der Waals surface area (Å²) in [7, 11) is -7.64. The lowest BCUT2D eigenvalue weighted by atomic mass is 9.70. The normalized spacial score (nSPS) is 16.3. The third-order valence-corrected chi connectivity index (χ3v) is 12.5. The molecule has 0 bridgehead atoms. The van der Waals surface area contributed by atoms with Crippen molar-refractivity contribution in [2.75, 3.05) is 0 Å². The first-order valence-electron chi connectivity index (χ1n) is 14.3. The Morgan fingerprint density at radius 3 is 1.32 bits per heavy atom. The van der Waals surface area contributed by atoms with Crippen molar-refractivity contribution in [3.05, 3.63) is 167 Å². The average Bonchev–Trinajstić information content (AvgIpc) is 3.51. The third-order valence-electron chi connectivity index (χ3n) is 9.01. The van der Waals surface area contributed by atoms with E-state index in [-0.39, 0.29) is 19.6 Å². The molecule has 6 heteroatoms. The SMILES string of the molecule is Cc1ccc2c(c1)C1(c3ccccc3-c3ccc(S(=O)(=O)c4ccccc4)cc31)c1cc(S(=O)(=O)c3ccccc3)ccc1-2. The zero-order chi connectivity index (χ0) is 30.3. The summed E-state index contributed by atoms with van der Waals surface area (Å²) in [5.41, 5.74) is 7.71. The molecule has 214 valence electrons. The molecule has 1 atom stereocenters. The summed E-state index contributed by atoms with van der Waals surface area (Å²) in [4.78, 5) is 0.850. The average molecular weight is 611 g/mol. The van der Waals surface area contributed by atoms with Gasteiger partial charge in [-0.05, 0) is 100.0 Å². The molecule has 2 aliphatic rings. The molecule has 0 saturated heterocycles. The van der Waals surface area contributed by atoms with Crippen LogP contribution in [0.1, 0.15) is 27.8 Å². The van der Waals surface area contributed by atoms with E-state index in [9.17, 15) is 16.8 Å². The Morgan fingerprint density at radius 2 is 0.795 bits per heavy atom. The van der Waals surface area contributed by atoms with Gasteiger partial charge in [-0.3, -0.25) is 0 Å². The maximum absolute atomic E-state index is 13.9. The van der Waals surface area contributed by atoms with Crippen molar-refractivity contribution >= 4 is 19.7 Å². The second-order valence-electron chi connectivity index (χ2n) is 11.4. The molecule has 0 heterocycles. The lowest BCUT2D eigenvalue weighted by Crippen LogP contribution is -2.26. The summed E-state index contributed by atoms with van der Waals surface area (Å²) in [5.74, 6) is 0. The first kappa shape index (κ1) is 26.8. The van der Waals surface area contributed by atoms with Crippen molar-refractivity contribution in [2.45, 2.75) is 31.9 Å². The summed E-state index contributed by atoms with van der Waals surface area (Å²) >= 11 is 0. The molecule has 4 nitrogen and oxygen atoms in total. The highest BCUT2D eigenvalue weighted by molar-refractivity contribution is 7.91. The van der Waals surface area contributed by atoms with Gasteiger partial charge in [-0.2, -0.15) is 0 Å². The zero-order valence-electron chi connectivity index (χ0n) is 23.7. The fourth-order valence-electron chi connectivity index (χ4n) is 7.06. The third kappa shape index (κ3) is 3.55. The Morgan fingerprint density at radius 1 is 0.386 bits per heavy atom. The maximum atomic E-state index is 13.9. The van der Waals surface area contributed by atoms with Crippen LogP contribution < -0.4 is 0 Å². The Kier molecular flexibility index (Phi) is 5.70. The second-order valence-corrected chi connectivity index (χ2v) is 15.3. The highest BCUT2D eigenvalue weighted by Gasteiger charge is 2.52. The van der Waals surface area contributed by atoms with Crippen LogP contribution in [0.25, 0.3) is 22.3 Å². The Labute approximate surface area is 257 Å². The highest BCUT2D eigenvalue weighted by Crippen LogP contribution is 2.63. The number of sulfone groups is 2. The molecular formula is C38H26O4S2. The van der Waals surface area contributed by atoms with Gasteiger partial charge in [-0.25, -0.2) is 16.8 Å². The maximum Gasteiger partial charge on any atom is 0.206 e. The molecule has 0 aliphatic heterocycles. The molecule has 6 aromatic carbocycles. The monoisotopic (exact) mass is 610 g/mol. The van der Waals surface area contributed by atoms with Crippen LogP contribution in [0.15, 0.2) is 159 Å². The highest BCUT2D eigenvalue weighted by atomic mass is 32.2. The Balaban J connectivity index is 1.47. The van der Waals surface area contributed by atoms with E-state index in [4.69, 9.17) is 0 Å². The molecule has 2 aliphatic carbocycles. The minimum Gasteiger partial charge on any atom is -0.219 e. The van der Waals surface area contributed by atoms with Crippen LogP contribution in [0, 0.1) is 6.92 Å². The summed E-state index contributed by atoms with van der Waals surface area (Å²) in [6, 6.07) is 42.1. The van der Waals surface area contributed by atoms with E-state index in [2.05, 4.69) is 30.3 Å². The summed E-state index contributed by atoms with van der Waals surface area (Å²) in [5, 5.41) is 0. The molecule has 6 aromatic rings. The van der Waals surface area contributed by atoms with Crippen molar-refractivity contribution in [1.82, 2.24) is 0 Å². The molecular weight excluding hydrogens is 585 g/mol. The quantitative estimate of drug-likeness (QED) is 0.203. The van der Waals surface area contributed by atoms with Gasteiger partial charge < -0.3 is 0 Å². The van der Waals surface area contributed by atoms with E-state index in [0.29, 0.717) is 0 Å². The fourth-order valence-corrected chi connectivity index (χ4v) is 9.68. The smallest absolute Gasteiger partial charge is 0.206 e. The standard InChI is InChI=1S/C38H26O4S2/c1-25-16-19-31-33-21-18-29(44(41,42)27-12-6-3-7-13-27)24-37(33)38(35(31)22-25)34-15-9-8-14-30(34)32-20-17-28(23-36(32)38)43(39,40)26-10-4-2-5-11-26/h2-24H,1H3. The topological polar surface area (TPSA) is 68.3 Å². The van der Waals surface area contributed by atoms with Gasteiger partial charge in [0.25, 0.3) is 0 Å². The van der Waals surface area contributed by atoms with Gasteiger partial charge in [-0.15, -0.1) is 0 Å². The van der Waals surface area contributed by atoms with Crippen molar-refractivity contribution in [3.63, 3.8) is 0 Å². The first-order valence-corrected chi connectivity index (χ1v) is 17.3. The number of hydrogen-bond acceptors (Lipinski definition) is 4. The molecule has 0 radical (unpaired) electrons. The molecule has 0 fully saturated rings. The fraction of sp³-hybridized carbons (Fsp3) is 0.0526. The molecule has 0 N–H and O–H groups in total. The number of benzene rings is 6. The van der Waals surface area contributed by atoms with Crippen molar-refractivity contribution in [2.24, 2.45) is 0 Å². The van der Waals surface area contributed by atoms with Gasteiger partial charge in [0.1, 0.15) is 0 Å². The van der Waals surface area contributed by atoms with Crippen LogP contribution in [-0.4, -0.2) is 16.8 Å². The lowest BCUT2D eigenvalue weighted by Gasteiger charge is -2.31. The van der Waals surface area contributed by atoms with Gasteiger partial charge in [-0.1, -0.05) is 96.6 Å². The van der Waals surface area contributed by atoms with Gasteiger partial charge in [0.15, 0.2) is 0 Å². The molecule has 0 amide bonds. The first-order chi connectivity index (χ1) is 21.2. The minimum absolute atomic E-state index is 0.199. The van der Waals surface area contributed by atoms with Crippen LogP contribution in [0.5, 0.6) is 0 Å². The molecule has 1 spiro atoms. The number of fused-ring (bicyclic) bond motifs is 10. The van der Waals surface area contributed by atoms with Gasteiger partial charge in [0.05, 0.1) is 25.0 Å². The van der Waals surface area contributed by atoms with E-state index in [1.54, 1.807) is 84.9 Å². The van der Waals surface area contributed by atoms with Crippen LogP contribution >= 0.6 is 0 Å². The molecule has 1 unspecified atom stereocenters. The van der Waals surface area contributed by atoms with Crippen molar-refractivity contribution in [3.8, 4) is 22.3 Å². The largest absolute Gasteiger partial charge is 0.219 e. The van der Waals surface area contributed by atoms with Crippen LogP contribution in [0.2, 0.25) is 0 Å². The Bertz CT molecular complexity index is 2280. The van der Waals surface area contributed by atoms with Crippen LogP contribution in [0.3, 0.4) is 0 Å². The van der Waals surface area contributed by atoms with Crippen molar-refractivity contribution < 1.29 is 16.8 Å². The predicted octanol–water partition coefficient (Wildman–Crippen LogP) is 8.00. The minimum atomic E-state index is -3.82.